The van der Waals surface area contributed by atoms with Gasteiger partial charge in [0.2, 0.25) is 0 Å². The van der Waals surface area contributed by atoms with Crippen LogP contribution in [0.2, 0.25) is 0 Å². The highest BCUT2D eigenvalue weighted by molar-refractivity contribution is 5.77. The van der Waals surface area contributed by atoms with E-state index in [2.05, 4.69) is 18.7 Å². The maximum absolute atomic E-state index is 12.2. The SMILES string of the molecule is CCCC(C)N(C)C(C(=O)OCC)c1ccccc1. The zero-order valence-electron chi connectivity index (χ0n) is 12.4. The van der Waals surface area contributed by atoms with Crippen molar-refractivity contribution in [1.82, 2.24) is 4.90 Å². The number of ether oxygens (including phenoxy) is 1. The van der Waals surface area contributed by atoms with Gasteiger partial charge in [-0.15, -0.1) is 0 Å². The van der Waals surface area contributed by atoms with Crippen molar-refractivity contribution in [3.8, 4) is 0 Å². The Morgan fingerprint density at radius 2 is 1.89 bits per heavy atom. The number of hydrogen-bond acceptors (Lipinski definition) is 3. The van der Waals surface area contributed by atoms with Gasteiger partial charge in [-0.2, -0.15) is 0 Å². The van der Waals surface area contributed by atoms with E-state index in [0.717, 1.165) is 18.4 Å². The summed E-state index contributed by atoms with van der Waals surface area (Å²) >= 11 is 0. The molecule has 2 unspecified atom stereocenters. The molecule has 0 spiro atoms. The minimum atomic E-state index is -0.317. The number of likely N-dealkylation sites (N-methyl/N-ethyl adjacent to an activating group) is 1. The molecule has 0 aliphatic heterocycles. The molecule has 0 N–H and O–H groups in total. The first-order chi connectivity index (χ1) is 9.11. The average Bonchev–Trinajstić information content (AvgIpc) is 2.40. The third-order valence-corrected chi connectivity index (χ3v) is 3.43. The molecule has 1 aromatic rings. The number of carbonyl (C=O) groups excluding carboxylic acids is 1. The molecule has 0 amide bonds. The summed E-state index contributed by atoms with van der Waals surface area (Å²) in [5.74, 6) is -0.167. The van der Waals surface area contributed by atoms with E-state index in [4.69, 9.17) is 4.74 Å². The van der Waals surface area contributed by atoms with Crippen LogP contribution in [0.5, 0.6) is 0 Å². The van der Waals surface area contributed by atoms with Gasteiger partial charge in [0.25, 0.3) is 0 Å². The first-order valence-corrected chi connectivity index (χ1v) is 7.05. The van der Waals surface area contributed by atoms with Crippen LogP contribution in [0, 0.1) is 0 Å². The van der Waals surface area contributed by atoms with Crippen LogP contribution >= 0.6 is 0 Å². The molecule has 0 aliphatic carbocycles. The van der Waals surface area contributed by atoms with Gasteiger partial charge in [0, 0.05) is 6.04 Å². The summed E-state index contributed by atoms with van der Waals surface area (Å²) in [6.07, 6.45) is 2.18. The van der Waals surface area contributed by atoms with Crippen LogP contribution in [0.3, 0.4) is 0 Å². The third kappa shape index (κ3) is 4.35. The van der Waals surface area contributed by atoms with Crippen LogP contribution < -0.4 is 0 Å². The molecule has 0 radical (unpaired) electrons. The fourth-order valence-corrected chi connectivity index (χ4v) is 2.27. The van der Waals surface area contributed by atoms with E-state index >= 15 is 0 Å². The van der Waals surface area contributed by atoms with Gasteiger partial charge in [0.1, 0.15) is 6.04 Å². The monoisotopic (exact) mass is 263 g/mol. The second kappa shape index (κ2) is 7.95. The van der Waals surface area contributed by atoms with Gasteiger partial charge in [0.05, 0.1) is 6.61 Å². The lowest BCUT2D eigenvalue weighted by atomic mass is 10.0. The van der Waals surface area contributed by atoms with Crippen LogP contribution in [-0.2, 0) is 9.53 Å². The average molecular weight is 263 g/mol. The number of rotatable bonds is 7. The number of esters is 1. The lowest BCUT2D eigenvalue weighted by molar-refractivity contribution is -0.150. The third-order valence-electron chi connectivity index (χ3n) is 3.43. The summed E-state index contributed by atoms with van der Waals surface area (Å²) in [5, 5.41) is 0. The van der Waals surface area contributed by atoms with E-state index in [1.54, 1.807) is 0 Å². The first kappa shape index (κ1) is 15.7. The second-order valence-corrected chi connectivity index (χ2v) is 4.87. The molecule has 3 heteroatoms. The number of benzene rings is 1. The van der Waals surface area contributed by atoms with Crippen LogP contribution in [0.25, 0.3) is 0 Å². The molecule has 2 atom stereocenters. The molecule has 106 valence electrons. The minimum Gasteiger partial charge on any atom is -0.465 e. The predicted molar refractivity (Wildman–Crippen MR) is 77.9 cm³/mol. The van der Waals surface area contributed by atoms with E-state index < -0.39 is 0 Å². The Morgan fingerprint density at radius 3 is 2.42 bits per heavy atom. The quantitative estimate of drug-likeness (QED) is 0.706. The highest BCUT2D eigenvalue weighted by atomic mass is 16.5. The van der Waals surface area contributed by atoms with Gasteiger partial charge in [0.15, 0.2) is 0 Å². The fraction of sp³-hybridized carbons (Fsp3) is 0.562. The van der Waals surface area contributed by atoms with Gasteiger partial charge < -0.3 is 4.74 Å². The first-order valence-electron chi connectivity index (χ1n) is 7.05. The van der Waals surface area contributed by atoms with Crippen molar-refractivity contribution in [2.75, 3.05) is 13.7 Å². The largest absolute Gasteiger partial charge is 0.465 e. The molecule has 0 fully saturated rings. The number of hydrogen-bond donors (Lipinski definition) is 0. The van der Waals surface area contributed by atoms with Crippen molar-refractivity contribution in [2.24, 2.45) is 0 Å². The molecular weight excluding hydrogens is 238 g/mol. The van der Waals surface area contributed by atoms with E-state index in [1.165, 1.54) is 0 Å². The van der Waals surface area contributed by atoms with Crippen molar-refractivity contribution in [1.29, 1.82) is 0 Å². The van der Waals surface area contributed by atoms with Crippen LogP contribution in [0.4, 0.5) is 0 Å². The van der Waals surface area contributed by atoms with Crippen LogP contribution in [0.1, 0.15) is 45.2 Å². The number of nitrogens with zero attached hydrogens (tertiary/aromatic N) is 1. The molecular formula is C16H25NO2. The van der Waals surface area contributed by atoms with E-state index in [0.29, 0.717) is 12.6 Å². The standard InChI is InChI=1S/C16H25NO2/c1-5-10-13(3)17(4)15(16(18)19-6-2)14-11-8-7-9-12-14/h7-9,11-13,15H,5-6,10H2,1-4H3. The van der Waals surface area contributed by atoms with Gasteiger partial charge in [-0.25, -0.2) is 4.79 Å². The van der Waals surface area contributed by atoms with Gasteiger partial charge in [-0.1, -0.05) is 43.7 Å². The van der Waals surface area contributed by atoms with Crippen molar-refractivity contribution in [2.45, 2.75) is 45.7 Å². The molecule has 0 saturated carbocycles. The molecule has 19 heavy (non-hydrogen) atoms. The summed E-state index contributed by atoms with van der Waals surface area (Å²) in [7, 11) is 1.99. The Labute approximate surface area is 116 Å². The van der Waals surface area contributed by atoms with Crippen LogP contribution in [0.15, 0.2) is 30.3 Å². The zero-order chi connectivity index (χ0) is 14.3. The molecule has 0 aliphatic rings. The van der Waals surface area contributed by atoms with Crippen molar-refractivity contribution >= 4 is 5.97 Å². The summed E-state index contributed by atoms with van der Waals surface area (Å²) in [4.78, 5) is 14.3. The highest BCUT2D eigenvalue weighted by Crippen LogP contribution is 2.24. The van der Waals surface area contributed by atoms with Crippen molar-refractivity contribution in [3.05, 3.63) is 35.9 Å². The highest BCUT2D eigenvalue weighted by Gasteiger charge is 2.28. The number of carbonyl (C=O) groups is 1. The summed E-state index contributed by atoms with van der Waals surface area (Å²) in [5.41, 5.74) is 0.992. The molecule has 0 saturated heterocycles. The van der Waals surface area contributed by atoms with Gasteiger partial charge in [-0.05, 0) is 32.9 Å². The Kier molecular flexibility index (Phi) is 6.57. The summed E-state index contributed by atoms with van der Waals surface area (Å²) < 4.78 is 5.23. The van der Waals surface area contributed by atoms with Gasteiger partial charge >= 0.3 is 5.97 Å². The molecule has 1 aromatic carbocycles. The van der Waals surface area contributed by atoms with Crippen molar-refractivity contribution < 1.29 is 9.53 Å². The second-order valence-electron chi connectivity index (χ2n) is 4.87. The predicted octanol–water partition coefficient (Wildman–Crippen LogP) is 3.41. The maximum Gasteiger partial charge on any atom is 0.327 e. The van der Waals surface area contributed by atoms with E-state index in [9.17, 15) is 4.79 Å². The summed E-state index contributed by atoms with van der Waals surface area (Å²) in [6, 6.07) is 9.87. The fourth-order valence-electron chi connectivity index (χ4n) is 2.27. The molecule has 1 rings (SSSR count). The Bertz CT molecular complexity index is 378. The summed E-state index contributed by atoms with van der Waals surface area (Å²) in [6.45, 7) is 6.57. The molecule has 0 bridgehead atoms. The normalized spacial score (nSPS) is 14.2. The maximum atomic E-state index is 12.2. The smallest absolute Gasteiger partial charge is 0.327 e. The Morgan fingerprint density at radius 1 is 1.26 bits per heavy atom. The molecule has 0 aromatic heterocycles. The van der Waals surface area contributed by atoms with E-state index in [1.807, 2.05) is 44.3 Å². The lowest BCUT2D eigenvalue weighted by Crippen LogP contribution is -2.38. The van der Waals surface area contributed by atoms with E-state index in [-0.39, 0.29) is 12.0 Å². The minimum absolute atomic E-state index is 0.167. The molecule has 0 heterocycles. The Hall–Kier alpha value is -1.35. The Balaban J connectivity index is 2.95. The lowest BCUT2D eigenvalue weighted by Gasteiger charge is -2.31. The van der Waals surface area contributed by atoms with Crippen LogP contribution in [-0.4, -0.2) is 30.6 Å². The molecule has 3 nitrogen and oxygen atoms in total. The van der Waals surface area contributed by atoms with Crippen molar-refractivity contribution in [3.63, 3.8) is 0 Å². The zero-order valence-corrected chi connectivity index (χ0v) is 12.4. The topological polar surface area (TPSA) is 29.5 Å². The van der Waals surface area contributed by atoms with Gasteiger partial charge in [-0.3, -0.25) is 4.90 Å².